The highest BCUT2D eigenvalue weighted by Crippen LogP contribution is 2.47. The molecule has 2 aliphatic heterocycles. The first-order valence-electron chi connectivity index (χ1n) is 8.88. The molecule has 4 aliphatic rings. The number of nitrogens with zero attached hydrogens (tertiary/aromatic N) is 2. The van der Waals surface area contributed by atoms with E-state index in [0.717, 1.165) is 23.9 Å². The molecule has 0 radical (unpaired) electrons. The number of likely N-dealkylation sites (tertiary alicyclic amines) is 2. The molecular weight excluding hydrogens is 232 g/mol. The SMILES string of the molecule is C1CCN(C2CCN([C@H]3C[C@@H]4CC[C@@H]3C4)CC2)CC1. The zero-order valence-corrected chi connectivity index (χ0v) is 12.4. The quantitative estimate of drug-likeness (QED) is 0.754. The first kappa shape index (κ1) is 12.6. The smallest absolute Gasteiger partial charge is 0.0126 e. The number of piperidine rings is 2. The van der Waals surface area contributed by atoms with Gasteiger partial charge in [0.1, 0.15) is 0 Å². The van der Waals surface area contributed by atoms with Crippen LogP contribution in [-0.2, 0) is 0 Å². The predicted octanol–water partition coefficient (Wildman–Crippen LogP) is 3.13. The van der Waals surface area contributed by atoms with Crippen LogP contribution in [0.1, 0.15) is 57.8 Å². The second-order valence-electron chi connectivity index (χ2n) is 7.61. The van der Waals surface area contributed by atoms with Crippen molar-refractivity contribution >= 4 is 0 Å². The Morgan fingerprint density at radius 2 is 1.42 bits per heavy atom. The molecule has 2 bridgehead atoms. The third-order valence-electron chi connectivity index (χ3n) is 6.58. The van der Waals surface area contributed by atoms with Gasteiger partial charge in [-0.3, -0.25) is 4.90 Å². The molecule has 2 aliphatic carbocycles. The van der Waals surface area contributed by atoms with E-state index in [1.54, 1.807) is 25.7 Å². The van der Waals surface area contributed by atoms with E-state index in [9.17, 15) is 0 Å². The Morgan fingerprint density at radius 3 is 2.05 bits per heavy atom. The van der Waals surface area contributed by atoms with Gasteiger partial charge in [-0.2, -0.15) is 0 Å². The third kappa shape index (κ3) is 2.47. The van der Waals surface area contributed by atoms with E-state index in [2.05, 4.69) is 9.80 Å². The Balaban J connectivity index is 1.30. The van der Waals surface area contributed by atoms with Crippen molar-refractivity contribution in [2.24, 2.45) is 11.8 Å². The summed E-state index contributed by atoms with van der Waals surface area (Å²) < 4.78 is 0. The molecule has 0 spiro atoms. The molecule has 2 nitrogen and oxygen atoms in total. The van der Waals surface area contributed by atoms with E-state index < -0.39 is 0 Å². The van der Waals surface area contributed by atoms with Crippen LogP contribution in [0.25, 0.3) is 0 Å². The maximum atomic E-state index is 2.88. The Kier molecular flexibility index (Phi) is 3.57. The van der Waals surface area contributed by atoms with Gasteiger partial charge in [0.2, 0.25) is 0 Å². The monoisotopic (exact) mass is 262 g/mol. The van der Waals surface area contributed by atoms with Gasteiger partial charge in [0.05, 0.1) is 0 Å². The molecule has 4 rings (SSSR count). The molecule has 0 N–H and O–H groups in total. The fourth-order valence-electron chi connectivity index (χ4n) is 5.52. The molecule has 2 heterocycles. The van der Waals surface area contributed by atoms with Crippen LogP contribution in [0.5, 0.6) is 0 Å². The molecule has 2 saturated heterocycles. The third-order valence-corrected chi connectivity index (χ3v) is 6.58. The van der Waals surface area contributed by atoms with Crippen molar-refractivity contribution in [3.63, 3.8) is 0 Å². The van der Waals surface area contributed by atoms with Gasteiger partial charge in [0.15, 0.2) is 0 Å². The van der Waals surface area contributed by atoms with Crippen LogP contribution >= 0.6 is 0 Å². The lowest BCUT2D eigenvalue weighted by Gasteiger charge is -2.43. The summed E-state index contributed by atoms with van der Waals surface area (Å²) >= 11 is 0. The molecule has 19 heavy (non-hydrogen) atoms. The Morgan fingerprint density at radius 1 is 0.632 bits per heavy atom. The lowest BCUT2D eigenvalue weighted by molar-refractivity contribution is 0.0562. The van der Waals surface area contributed by atoms with E-state index in [0.29, 0.717) is 0 Å². The van der Waals surface area contributed by atoms with E-state index in [4.69, 9.17) is 0 Å². The zero-order valence-electron chi connectivity index (χ0n) is 12.4. The molecular formula is C17H30N2. The van der Waals surface area contributed by atoms with E-state index in [1.807, 2.05) is 0 Å². The number of fused-ring (bicyclic) bond motifs is 2. The molecule has 2 heteroatoms. The van der Waals surface area contributed by atoms with Crippen LogP contribution in [0.4, 0.5) is 0 Å². The first-order valence-corrected chi connectivity index (χ1v) is 8.88. The number of rotatable bonds is 2. The van der Waals surface area contributed by atoms with Gasteiger partial charge in [-0.1, -0.05) is 12.8 Å². The second-order valence-corrected chi connectivity index (χ2v) is 7.61. The summed E-state index contributed by atoms with van der Waals surface area (Å²) in [6.45, 7) is 5.57. The lowest BCUT2D eigenvalue weighted by atomic mass is 9.91. The molecule has 108 valence electrons. The lowest BCUT2D eigenvalue weighted by Crippen LogP contribution is -2.50. The molecule has 0 aromatic carbocycles. The Labute approximate surface area is 118 Å². The van der Waals surface area contributed by atoms with Crippen molar-refractivity contribution in [3.05, 3.63) is 0 Å². The largest absolute Gasteiger partial charge is 0.300 e. The van der Waals surface area contributed by atoms with Crippen LogP contribution in [0.15, 0.2) is 0 Å². The highest BCUT2D eigenvalue weighted by atomic mass is 15.2. The average Bonchev–Trinajstić information content (AvgIpc) is 3.11. The van der Waals surface area contributed by atoms with Crippen LogP contribution in [0.3, 0.4) is 0 Å². The van der Waals surface area contributed by atoms with Gasteiger partial charge < -0.3 is 4.90 Å². The average molecular weight is 262 g/mol. The molecule has 0 amide bonds. The number of hydrogen-bond donors (Lipinski definition) is 0. The summed E-state index contributed by atoms with van der Waals surface area (Å²) in [5.74, 6) is 2.19. The van der Waals surface area contributed by atoms with Gasteiger partial charge in [-0.25, -0.2) is 0 Å². The van der Waals surface area contributed by atoms with Crippen molar-refractivity contribution < 1.29 is 0 Å². The fourth-order valence-corrected chi connectivity index (χ4v) is 5.52. The van der Waals surface area contributed by atoms with Crippen LogP contribution in [-0.4, -0.2) is 48.1 Å². The Bertz CT molecular complexity index is 302. The van der Waals surface area contributed by atoms with Gasteiger partial charge in [-0.05, 0) is 83.0 Å². The summed E-state index contributed by atoms with van der Waals surface area (Å²) in [5, 5.41) is 0. The zero-order chi connectivity index (χ0) is 12.7. The standard InChI is InChI=1S/C17H30N2/c1-2-8-18(9-3-1)16-6-10-19(11-7-16)17-13-14-4-5-15(17)12-14/h14-17H,1-13H2/t14-,15-,17+/m1/s1. The topological polar surface area (TPSA) is 6.48 Å². The molecule has 2 saturated carbocycles. The predicted molar refractivity (Wildman–Crippen MR) is 79.3 cm³/mol. The van der Waals surface area contributed by atoms with Crippen molar-refractivity contribution in [1.82, 2.24) is 9.80 Å². The summed E-state index contributed by atoms with van der Waals surface area (Å²) in [6, 6.07) is 1.91. The summed E-state index contributed by atoms with van der Waals surface area (Å²) in [4.78, 5) is 5.69. The van der Waals surface area contributed by atoms with Gasteiger partial charge in [0, 0.05) is 12.1 Å². The minimum absolute atomic E-state index is 0.926. The second kappa shape index (κ2) is 5.37. The van der Waals surface area contributed by atoms with Crippen LogP contribution in [0, 0.1) is 11.8 Å². The van der Waals surface area contributed by atoms with Crippen LogP contribution in [0.2, 0.25) is 0 Å². The van der Waals surface area contributed by atoms with E-state index in [-0.39, 0.29) is 0 Å². The highest BCUT2D eigenvalue weighted by Gasteiger charge is 2.43. The van der Waals surface area contributed by atoms with Gasteiger partial charge >= 0.3 is 0 Å². The summed E-state index contributed by atoms with van der Waals surface area (Å²) in [6.07, 6.45) is 13.5. The molecule has 0 aromatic heterocycles. The minimum atomic E-state index is 0.926. The Hall–Kier alpha value is -0.0800. The van der Waals surface area contributed by atoms with E-state index in [1.165, 1.54) is 58.3 Å². The molecule has 3 atom stereocenters. The normalized spacial score (nSPS) is 42.0. The maximum absolute atomic E-state index is 2.88. The molecule has 0 unspecified atom stereocenters. The first-order chi connectivity index (χ1) is 9.40. The van der Waals surface area contributed by atoms with Gasteiger partial charge in [-0.15, -0.1) is 0 Å². The maximum Gasteiger partial charge on any atom is 0.0126 e. The van der Waals surface area contributed by atoms with Crippen molar-refractivity contribution in [1.29, 1.82) is 0 Å². The fraction of sp³-hybridized carbons (Fsp3) is 1.00. The summed E-state index contributed by atoms with van der Waals surface area (Å²) in [7, 11) is 0. The molecule has 4 fully saturated rings. The minimum Gasteiger partial charge on any atom is -0.300 e. The molecule has 0 aromatic rings. The van der Waals surface area contributed by atoms with Crippen molar-refractivity contribution in [2.75, 3.05) is 26.2 Å². The van der Waals surface area contributed by atoms with Gasteiger partial charge in [0.25, 0.3) is 0 Å². The van der Waals surface area contributed by atoms with Crippen LogP contribution < -0.4 is 0 Å². The number of hydrogen-bond acceptors (Lipinski definition) is 2. The van der Waals surface area contributed by atoms with E-state index >= 15 is 0 Å². The van der Waals surface area contributed by atoms with Crippen molar-refractivity contribution in [3.8, 4) is 0 Å². The van der Waals surface area contributed by atoms with Crippen molar-refractivity contribution in [2.45, 2.75) is 69.9 Å². The highest BCUT2D eigenvalue weighted by molar-refractivity contribution is 4.97. The summed E-state index contributed by atoms with van der Waals surface area (Å²) in [5.41, 5.74) is 0.